The maximum Gasteiger partial charge on any atom is 0.0487 e. The van der Waals surface area contributed by atoms with E-state index < -0.39 is 0 Å². The molecule has 4 nitrogen and oxygen atoms in total. The first kappa shape index (κ1) is 13.8. The van der Waals surface area contributed by atoms with Gasteiger partial charge in [-0.2, -0.15) is 0 Å². The molecule has 0 atom stereocenters. The zero-order valence-electron chi connectivity index (χ0n) is 9.26. The molecule has 0 aliphatic carbocycles. The molecule has 0 aliphatic heterocycles. The summed E-state index contributed by atoms with van der Waals surface area (Å²) in [4.78, 5) is 0. The summed E-state index contributed by atoms with van der Waals surface area (Å²) in [5.41, 5.74) is 5.33. The van der Waals surface area contributed by atoms with Crippen LogP contribution in [-0.2, 0) is 9.47 Å². The standard InChI is InChI=1S/C10H24N2O2/c1-12-6-3-8-14-10-4-9-13-7-2-5-11/h12H,2-11H2,1H3. The van der Waals surface area contributed by atoms with E-state index in [1.54, 1.807) is 0 Å². The van der Waals surface area contributed by atoms with Crippen LogP contribution in [-0.4, -0.2) is 46.6 Å². The summed E-state index contributed by atoms with van der Waals surface area (Å²) in [6.45, 7) is 4.92. The molecule has 0 fully saturated rings. The van der Waals surface area contributed by atoms with Crippen LogP contribution in [0.2, 0.25) is 0 Å². The van der Waals surface area contributed by atoms with Crippen molar-refractivity contribution in [2.75, 3.05) is 46.6 Å². The van der Waals surface area contributed by atoms with Gasteiger partial charge in [0, 0.05) is 26.4 Å². The molecule has 0 aliphatic rings. The Balaban J connectivity index is 2.78. The molecule has 0 aromatic carbocycles. The first-order valence-electron chi connectivity index (χ1n) is 5.42. The number of hydrogen-bond acceptors (Lipinski definition) is 4. The molecule has 0 unspecified atom stereocenters. The normalized spacial score (nSPS) is 10.7. The van der Waals surface area contributed by atoms with Crippen molar-refractivity contribution in [3.05, 3.63) is 0 Å². The second-order valence-electron chi connectivity index (χ2n) is 3.18. The minimum absolute atomic E-state index is 0.709. The summed E-state index contributed by atoms with van der Waals surface area (Å²) in [5, 5.41) is 3.08. The molecule has 0 saturated carbocycles. The molecule has 0 rings (SSSR count). The Morgan fingerprint density at radius 2 is 1.50 bits per heavy atom. The first-order valence-corrected chi connectivity index (χ1v) is 5.42. The summed E-state index contributed by atoms with van der Waals surface area (Å²) >= 11 is 0. The van der Waals surface area contributed by atoms with Crippen LogP contribution in [0.1, 0.15) is 19.3 Å². The van der Waals surface area contributed by atoms with Crippen LogP contribution in [0.15, 0.2) is 0 Å². The Labute approximate surface area is 87.1 Å². The van der Waals surface area contributed by atoms with Crippen LogP contribution >= 0.6 is 0 Å². The quantitative estimate of drug-likeness (QED) is 0.477. The van der Waals surface area contributed by atoms with Gasteiger partial charge in [0.2, 0.25) is 0 Å². The molecule has 0 spiro atoms. The summed E-state index contributed by atoms with van der Waals surface area (Å²) in [6.07, 6.45) is 3.00. The van der Waals surface area contributed by atoms with Crippen LogP contribution in [0.5, 0.6) is 0 Å². The minimum atomic E-state index is 0.709. The summed E-state index contributed by atoms with van der Waals surface area (Å²) in [7, 11) is 1.95. The highest BCUT2D eigenvalue weighted by atomic mass is 16.5. The van der Waals surface area contributed by atoms with Gasteiger partial charge in [-0.25, -0.2) is 0 Å². The Hall–Kier alpha value is -0.160. The predicted molar refractivity (Wildman–Crippen MR) is 58.5 cm³/mol. The van der Waals surface area contributed by atoms with Crippen LogP contribution < -0.4 is 11.1 Å². The largest absolute Gasteiger partial charge is 0.381 e. The molecule has 4 heteroatoms. The van der Waals surface area contributed by atoms with Gasteiger partial charge in [-0.05, 0) is 39.4 Å². The van der Waals surface area contributed by atoms with E-state index in [2.05, 4.69) is 5.32 Å². The molecule has 14 heavy (non-hydrogen) atoms. The van der Waals surface area contributed by atoms with E-state index in [-0.39, 0.29) is 0 Å². The first-order chi connectivity index (χ1) is 6.91. The lowest BCUT2D eigenvalue weighted by Crippen LogP contribution is -2.11. The van der Waals surface area contributed by atoms with Crippen molar-refractivity contribution >= 4 is 0 Å². The topological polar surface area (TPSA) is 56.5 Å². The highest BCUT2D eigenvalue weighted by molar-refractivity contribution is 4.41. The van der Waals surface area contributed by atoms with E-state index in [1.165, 1.54) is 0 Å². The molecule has 0 saturated heterocycles. The Morgan fingerprint density at radius 3 is 2.07 bits per heavy atom. The van der Waals surface area contributed by atoms with Gasteiger partial charge in [0.05, 0.1) is 0 Å². The third-order valence-electron chi connectivity index (χ3n) is 1.79. The van der Waals surface area contributed by atoms with Crippen LogP contribution in [0.4, 0.5) is 0 Å². The van der Waals surface area contributed by atoms with Crippen molar-refractivity contribution < 1.29 is 9.47 Å². The van der Waals surface area contributed by atoms with Crippen LogP contribution in [0.25, 0.3) is 0 Å². The third-order valence-corrected chi connectivity index (χ3v) is 1.79. The van der Waals surface area contributed by atoms with E-state index in [0.717, 1.165) is 52.2 Å². The van der Waals surface area contributed by atoms with Crippen molar-refractivity contribution in [3.63, 3.8) is 0 Å². The molecule has 0 aromatic rings. The molecule has 86 valence electrons. The highest BCUT2D eigenvalue weighted by Gasteiger charge is 1.90. The van der Waals surface area contributed by atoms with Crippen molar-refractivity contribution in [3.8, 4) is 0 Å². The van der Waals surface area contributed by atoms with Crippen molar-refractivity contribution in [1.82, 2.24) is 5.32 Å². The van der Waals surface area contributed by atoms with Crippen molar-refractivity contribution in [1.29, 1.82) is 0 Å². The lowest BCUT2D eigenvalue weighted by molar-refractivity contribution is 0.0816. The van der Waals surface area contributed by atoms with E-state index >= 15 is 0 Å². The maximum atomic E-state index is 5.40. The van der Waals surface area contributed by atoms with Crippen LogP contribution in [0, 0.1) is 0 Å². The van der Waals surface area contributed by atoms with Crippen molar-refractivity contribution in [2.45, 2.75) is 19.3 Å². The third kappa shape index (κ3) is 11.8. The summed E-state index contributed by atoms with van der Waals surface area (Å²) < 4.78 is 10.7. The van der Waals surface area contributed by atoms with E-state index in [0.29, 0.717) is 6.54 Å². The minimum Gasteiger partial charge on any atom is -0.381 e. The summed E-state index contributed by atoms with van der Waals surface area (Å²) in [5.74, 6) is 0. The van der Waals surface area contributed by atoms with E-state index in [4.69, 9.17) is 15.2 Å². The van der Waals surface area contributed by atoms with Gasteiger partial charge in [-0.3, -0.25) is 0 Å². The fourth-order valence-electron chi connectivity index (χ4n) is 1.00. The molecule has 0 aromatic heterocycles. The Kier molecular flexibility index (Phi) is 12.7. The lowest BCUT2D eigenvalue weighted by Gasteiger charge is -2.04. The molecule has 0 radical (unpaired) electrons. The zero-order valence-corrected chi connectivity index (χ0v) is 9.26. The molecule has 0 amide bonds. The fourth-order valence-corrected chi connectivity index (χ4v) is 1.00. The second kappa shape index (κ2) is 12.8. The zero-order chi connectivity index (χ0) is 10.5. The van der Waals surface area contributed by atoms with Gasteiger partial charge >= 0.3 is 0 Å². The molecule has 3 N–H and O–H groups in total. The Morgan fingerprint density at radius 1 is 0.929 bits per heavy atom. The highest BCUT2D eigenvalue weighted by Crippen LogP contribution is 1.88. The average molecular weight is 204 g/mol. The molecule has 0 heterocycles. The van der Waals surface area contributed by atoms with E-state index in [9.17, 15) is 0 Å². The molecular weight excluding hydrogens is 180 g/mol. The van der Waals surface area contributed by atoms with Gasteiger partial charge in [0.1, 0.15) is 0 Å². The van der Waals surface area contributed by atoms with Gasteiger partial charge in [0.25, 0.3) is 0 Å². The number of hydrogen-bond donors (Lipinski definition) is 2. The predicted octanol–water partition coefficient (Wildman–Crippen LogP) is 0.368. The van der Waals surface area contributed by atoms with E-state index in [1.807, 2.05) is 7.05 Å². The Bertz CT molecular complexity index is 90.1. The van der Waals surface area contributed by atoms with Gasteiger partial charge in [-0.1, -0.05) is 0 Å². The second-order valence-corrected chi connectivity index (χ2v) is 3.18. The maximum absolute atomic E-state index is 5.40. The number of nitrogens with one attached hydrogen (secondary N) is 1. The van der Waals surface area contributed by atoms with Crippen LogP contribution in [0.3, 0.4) is 0 Å². The summed E-state index contributed by atoms with van der Waals surface area (Å²) in [6, 6.07) is 0. The number of nitrogens with two attached hydrogens (primary N) is 1. The van der Waals surface area contributed by atoms with Gasteiger partial charge in [0.15, 0.2) is 0 Å². The fraction of sp³-hybridized carbons (Fsp3) is 1.00. The monoisotopic (exact) mass is 204 g/mol. The molecular formula is C10H24N2O2. The number of rotatable bonds is 11. The van der Waals surface area contributed by atoms with Crippen molar-refractivity contribution in [2.24, 2.45) is 5.73 Å². The lowest BCUT2D eigenvalue weighted by atomic mass is 10.4. The van der Waals surface area contributed by atoms with Gasteiger partial charge in [-0.15, -0.1) is 0 Å². The SMILES string of the molecule is CNCCCOCCCOCCCN. The van der Waals surface area contributed by atoms with Gasteiger partial charge < -0.3 is 20.5 Å². The number of ether oxygens (including phenoxy) is 2. The molecule has 0 bridgehead atoms. The smallest absolute Gasteiger partial charge is 0.0487 e. The average Bonchev–Trinajstić information content (AvgIpc) is 2.21.